The number of amides is 1. The van der Waals surface area contributed by atoms with Crippen LogP contribution in [0, 0.1) is 5.92 Å². The number of hydrogen-bond acceptors (Lipinski definition) is 4. The largest absolute Gasteiger partial charge is 0.383 e. The lowest BCUT2D eigenvalue weighted by Gasteiger charge is -2.27. The molecule has 0 aromatic heterocycles. The van der Waals surface area contributed by atoms with E-state index in [0.29, 0.717) is 6.54 Å². The second-order valence-electron chi connectivity index (χ2n) is 5.77. The Bertz CT molecular complexity index is 620. The summed E-state index contributed by atoms with van der Waals surface area (Å²) in [5, 5.41) is 0. The number of nitrogens with zero attached hydrogens (tertiary/aromatic N) is 1. The minimum Gasteiger partial charge on any atom is -0.383 e. The quantitative estimate of drug-likeness (QED) is 0.755. The van der Waals surface area contributed by atoms with Crippen LogP contribution < -0.4 is 4.18 Å². The van der Waals surface area contributed by atoms with Crippen molar-refractivity contribution in [3.8, 4) is 5.75 Å². The number of hydrogen-bond donors (Lipinski definition) is 0. The predicted octanol–water partition coefficient (Wildman–Crippen LogP) is 2.17. The minimum absolute atomic E-state index is 0.109. The molecule has 21 heavy (non-hydrogen) atoms. The Hall–Kier alpha value is -1.56. The average Bonchev–Trinajstić information content (AvgIpc) is 3.17. The van der Waals surface area contributed by atoms with Crippen molar-refractivity contribution < 1.29 is 17.4 Å². The van der Waals surface area contributed by atoms with Gasteiger partial charge in [-0.2, -0.15) is 8.42 Å². The summed E-state index contributed by atoms with van der Waals surface area (Å²) in [4.78, 5) is 14.1. The summed E-state index contributed by atoms with van der Waals surface area (Å²) in [5.41, 5.74) is 0.860. The van der Waals surface area contributed by atoms with Crippen LogP contribution in [0.4, 0.5) is 0 Å². The second-order valence-corrected chi connectivity index (χ2v) is 7.34. The predicted molar refractivity (Wildman–Crippen MR) is 80.3 cm³/mol. The van der Waals surface area contributed by atoms with Crippen LogP contribution in [0.1, 0.15) is 32.3 Å². The van der Waals surface area contributed by atoms with E-state index in [-0.39, 0.29) is 23.6 Å². The summed E-state index contributed by atoms with van der Waals surface area (Å²) >= 11 is 0. The number of carbonyl (C=O) groups excluding carboxylic acids is 1. The zero-order valence-electron chi connectivity index (χ0n) is 12.6. The van der Waals surface area contributed by atoms with Crippen LogP contribution in [0.3, 0.4) is 0 Å². The molecule has 5 nitrogen and oxygen atoms in total. The van der Waals surface area contributed by atoms with Crippen molar-refractivity contribution in [1.82, 2.24) is 4.90 Å². The molecule has 0 spiro atoms. The fourth-order valence-electron chi connectivity index (χ4n) is 2.15. The Balaban J connectivity index is 2.13. The van der Waals surface area contributed by atoms with E-state index in [9.17, 15) is 13.2 Å². The molecular weight excluding hydrogens is 290 g/mol. The summed E-state index contributed by atoms with van der Waals surface area (Å²) in [5.74, 6) is 0.625. The maximum atomic E-state index is 12.3. The van der Waals surface area contributed by atoms with Gasteiger partial charge in [-0.05, 0) is 44.4 Å². The van der Waals surface area contributed by atoms with Crippen molar-refractivity contribution in [2.45, 2.75) is 39.3 Å². The Labute approximate surface area is 126 Å². The molecule has 2 rings (SSSR count). The lowest BCUT2D eigenvalue weighted by Crippen LogP contribution is -2.37. The molecule has 1 fully saturated rings. The standard InChI is InChI=1S/C15H21NO4S/c1-11(2)16(15(17)13-7-8-13)10-12-5-4-6-14(9-12)20-21(3,18)19/h4-6,9,11,13H,7-8,10H2,1-3H3. The SMILES string of the molecule is CC(C)N(Cc1cccc(OS(C)(=O)=O)c1)C(=O)C1CC1. The maximum Gasteiger partial charge on any atom is 0.306 e. The van der Waals surface area contributed by atoms with E-state index >= 15 is 0 Å². The zero-order chi connectivity index (χ0) is 15.6. The first kappa shape index (κ1) is 15.8. The smallest absolute Gasteiger partial charge is 0.306 e. The molecule has 1 aromatic carbocycles. The highest BCUT2D eigenvalue weighted by atomic mass is 32.2. The highest BCUT2D eigenvalue weighted by Gasteiger charge is 2.34. The van der Waals surface area contributed by atoms with Gasteiger partial charge >= 0.3 is 10.1 Å². The molecule has 1 aromatic rings. The van der Waals surface area contributed by atoms with E-state index in [1.54, 1.807) is 18.2 Å². The molecule has 0 radical (unpaired) electrons. The topological polar surface area (TPSA) is 63.7 Å². The van der Waals surface area contributed by atoms with Crippen LogP contribution in [0.25, 0.3) is 0 Å². The minimum atomic E-state index is -3.54. The Morgan fingerprint density at radius 3 is 2.57 bits per heavy atom. The molecule has 0 atom stereocenters. The third-order valence-electron chi connectivity index (χ3n) is 3.33. The fourth-order valence-corrected chi connectivity index (χ4v) is 2.60. The molecule has 0 unspecified atom stereocenters. The summed E-state index contributed by atoms with van der Waals surface area (Å²) in [6.07, 6.45) is 2.95. The number of carbonyl (C=O) groups is 1. The van der Waals surface area contributed by atoms with E-state index in [4.69, 9.17) is 4.18 Å². The molecule has 1 saturated carbocycles. The van der Waals surface area contributed by atoms with E-state index in [2.05, 4.69) is 0 Å². The van der Waals surface area contributed by atoms with Gasteiger partial charge in [0.05, 0.1) is 6.26 Å². The molecule has 1 aliphatic carbocycles. The van der Waals surface area contributed by atoms with Gasteiger partial charge in [0, 0.05) is 18.5 Å². The highest BCUT2D eigenvalue weighted by molar-refractivity contribution is 7.86. The molecule has 116 valence electrons. The van der Waals surface area contributed by atoms with E-state index in [1.165, 1.54) is 0 Å². The van der Waals surface area contributed by atoms with Gasteiger partial charge in [-0.3, -0.25) is 4.79 Å². The number of benzene rings is 1. The van der Waals surface area contributed by atoms with E-state index in [0.717, 1.165) is 24.7 Å². The highest BCUT2D eigenvalue weighted by Crippen LogP contribution is 2.32. The van der Waals surface area contributed by atoms with Gasteiger partial charge in [0.1, 0.15) is 5.75 Å². The van der Waals surface area contributed by atoms with E-state index in [1.807, 2.05) is 24.8 Å². The van der Waals surface area contributed by atoms with Gasteiger partial charge in [0.2, 0.25) is 5.91 Å². The molecular formula is C15H21NO4S. The van der Waals surface area contributed by atoms with Gasteiger partial charge in [-0.25, -0.2) is 0 Å². The van der Waals surface area contributed by atoms with Gasteiger partial charge in [-0.15, -0.1) is 0 Å². The molecule has 0 N–H and O–H groups in total. The van der Waals surface area contributed by atoms with Crippen LogP contribution in [0.5, 0.6) is 5.75 Å². The first-order valence-corrected chi connectivity index (χ1v) is 8.87. The Kier molecular flexibility index (Phi) is 4.56. The van der Waals surface area contributed by atoms with Crippen LogP contribution in [0.2, 0.25) is 0 Å². The van der Waals surface area contributed by atoms with Crippen molar-refractivity contribution in [2.24, 2.45) is 5.92 Å². The van der Waals surface area contributed by atoms with Crippen molar-refractivity contribution in [2.75, 3.05) is 6.26 Å². The number of rotatable bonds is 6. The molecule has 1 aliphatic rings. The molecule has 0 aliphatic heterocycles. The summed E-state index contributed by atoms with van der Waals surface area (Å²) in [6, 6.07) is 6.96. The van der Waals surface area contributed by atoms with Crippen molar-refractivity contribution in [1.29, 1.82) is 0 Å². The maximum absolute atomic E-state index is 12.3. The Morgan fingerprint density at radius 2 is 2.05 bits per heavy atom. The lowest BCUT2D eigenvalue weighted by atomic mass is 10.1. The van der Waals surface area contributed by atoms with Crippen LogP contribution in [-0.4, -0.2) is 31.5 Å². The average molecular weight is 311 g/mol. The monoisotopic (exact) mass is 311 g/mol. The molecule has 0 bridgehead atoms. The zero-order valence-corrected chi connectivity index (χ0v) is 13.4. The third-order valence-corrected chi connectivity index (χ3v) is 3.83. The van der Waals surface area contributed by atoms with E-state index < -0.39 is 10.1 Å². The van der Waals surface area contributed by atoms with Gasteiger partial charge in [0.15, 0.2) is 0 Å². The Morgan fingerprint density at radius 1 is 1.38 bits per heavy atom. The fraction of sp³-hybridized carbons (Fsp3) is 0.533. The molecule has 0 saturated heterocycles. The van der Waals surface area contributed by atoms with Gasteiger partial charge in [-0.1, -0.05) is 12.1 Å². The first-order valence-electron chi connectivity index (χ1n) is 7.05. The van der Waals surface area contributed by atoms with Crippen molar-refractivity contribution in [3.05, 3.63) is 29.8 Å². The van der Waals surface area contributed by atoms with Crippen molar-refractivity contribution in [3.63, 3.8) is 0 Å². The van der Waals surface area contributed by atoms with Crippen LogP contribution >= 0.6 is 0 Å². The van der Waals surface area contributed by atoms with Crippen molar-refractivity contribution >= 4 is 16.0 Å². The third kappa shape index (κ3) is 4.74. The molecule has 1 amide bonds. The summed E-state index contributed by atoms with van der Waals surface area (Å²) in [7, 11) is -3.54. The first-order chi connectivity index (χ1) is 9.76. The van der Waals surface area contributed by atoms with Crippen LogP contribution in [0.15, 0.2) is 24.3 Å². The van der Waals surface area contributed by atoms with Gasteiger partial charge < -0.3 is 9.08 Å². The second kappa shape index (κ2) is 6.05. The lowest BCUT2D eigenvalue weighted by molar-refractivity contribution is -0.134. The van der Waals surface area contributed by atoms with Crippen LogP contribution in [-0.2, 0) is 21.5 Å². The molecule has 6 heteroatoms. The summed E-state index contributed by atoms with van der Waals surface area (Å²) < 4.78 is 27.2. The molecule has 0 heterocycles. The summed E-state index contributed by atoms with van der Waals surface area (Å²) in [6.45, 7) is 4.43. The van der Waals surface area contributed by atoms with Gasteiger partial charge in [0.25, 0.3) is 0 Å². The normalized spacial score (nSPS) is 15.0.